The van der Waals surface area contributed by atoms with Crippen LogP contribution in [0.2, 0.25) is 0 Å². The molecule has 16 heavy (non-hydrogen) atoms. The standard InChI is InChI=1S/C12H15NO3/c1-13-4-2-3-9(13)8-5-11-12(6-10(8)14)16-7-15-11/h5-6,9,14H,2-4,7H2,1H3. The fourth-order valence-corrected chi connectivity index (χ4v) is 2.52. The number of aromatic hydroxyl groups is 1. The van der Waals surface area contributed by atoms with Crippen molar-refractivity contribution in [2.24, 2.45) is 0 Å². The maximum absolute atomic E-state index is 9.99. The molecule has 1 aromatic rings. The fourth-order valence-electron chi connectivity index (χ4n) is 2.52. The number of hydrogen-bond acceptors (Lipinski definition) is 4. The highest BCUT2D eigenvalue weighted by Crippen LogP contribution is 2.43. The number of likely N-dealkylation sites (tertiary alicyclic amines) is 1. The Morgan fingerprint density at radius 2 is 2.06 bits per heavy atom. The van der Waals surface area contributed by atoms with E-state index in [9.17, 15) is 5.11 Å². The molecule has 2 heterocycles. The van der Waals surface area contributed by atoms with Crippen LogP contribution in [-0.2, 0) is 0 Å². The molecule has 1 aromatic carbocycles. The molecular formula is C12H15NO3. The smallest absolute Gasteiger partial charge is 0.231 e. The van der Waals surface area contributed by atoms with E-state index in [-0.39, 0.29) is 6.79 Å². The van der Waals surface area contributed by atoms with Crippen LogP contribution >= 0.6 is 0 Å². The first-order valence-corrected chi connectivity index (χ1v) is 5.58. The number of benzene rings is 1. The van der Waals surface area contributed by atoms with Gasteiger partial charge in [-0.25, -0.2) is 0 Å². The lowest BCUT2D eigenvalue weighted by Crippen LogP contribution is -2.17. The van der Waals surface area contributed by atoms with E-state index in [4.69, 9.17) is 9.47 Å². The lowest BCUT2D eigenvalue weighted by atomic mass is 10.0. The van der Waals surface area contributed by atoms with Crippen molar-refractivity contribution in [3.63, 3.8) is 0 Å². The van der Waals surface area contributed by atoms with E-state index in [1.165, 1.54) is 6.42 Å². The molecule has 2 aliphatic rings. The molecule has 1 fully saturated rings. The quantitative estimate of drug-likeness (QED) is 0.786. The summed E-state index contributed by atoms with van der Waals surface area (Å²) >= 11 is 0. The lowest BCUT2D eigenvalue weighted by molar-refractivity contribution is 0.173. The average Bonchev–Trinajstić information content (AvgIpc) is 2.85. The zero-order valence-corrected chi connectivity index (χ0v) is 9.27. The molecule has 4 nitrogen and oxygen atoms in total. The van der Waals surface area contributed by atoms with Gasteiger partial charge in [-0.2, -0.15) is 0 Å². The van der Waals surface area contributed by atoms with E-state index in [0.29, 0.717) is 17.5 Å². The van der Waals surface area contributed by atoms with Gasteiger partial charge >= 0.3 is 0 Å². The SMILES string of the molecule is CN1CCCC1c1cc2c(cc1O)OCO2. The Balaban J connectivity index is 2.00. The van der Waals surface area contributed by atoms with Crippen molar-refractivity contribution in [2.45, 2.75) is 18.9 Å². The van der Waals surface area contributed by atoms with E-state index >= 15 is 0 Å². The molecule has 4 heteroatoms. The average molecular weight is 221 g/mol. The number of fused-ring (bicyclic) bond motifs is 1. The Morgan fingerprint density at radius 3 is 2.75 bits per heavy atom. The summed E-state index contributed by atoms with van der Waals surface area (Å²) in [5.41, 5.74) is 0.948. The fraction of sp³-hybridized carbons (Fsp3) is 0.500. The maximum atomic E-state index is 9.99. The number of phenols is 1. The summed E-state index contributed by atoms with van der Waals surface area (Å²) in [5, 5.41) is 9.99. The van der Waals surface area contributed by atoms with Gasteiger partial charge in [-0.3, -0.25) is 4.90 Å². The molecule has 0 amide bonds. The number of nitrogens with zero attached hydrogens (tertiary/aromatic N) is 1. The summed E-state index contributed by atoms with van der Waals surface area (Å²) in [4.78, 5) is 2.26. The van der Waals surface area contributed by atoms with Gasteiger partial charge in [0, 0.05) is 17.7 Å². The highest BCUT2D eigenvalue weighted by Gasteiger charge is 2.27. The molecule has 0 aromatic heterocycles. The first-order valence-electron chi connectivity index (χ1n) is 5.58. The van der Waals surface area contributed by atoms with Crippen molar-refractivity contribution < 1.29 is 14.6 Å². The van der Waals surface area contributed by atoms with Crippen molar-refractivity contribution in [2.75, 3.05) is 20.4 Å². The molecule has 0 saturated carbocycles. The van der Waals surface area contributed by atoms with Crippen LogP contribution in [0, 0.1) is 0 Å². The Kier molecular flexibility index (Phi) is 2.17. The second-order valence-corrected chi connectivity index (χ2v) is 4.40. The Labute approximate surface area is 94.4 Å². The number of hydrogen-bond donors (Lipinski definition) is 1. The summed E-state index contributed by atoms with van der Waals surface area (Å²) in [6, 6.07) is 3.86. The second kappa shape index (κ2) is 3.56. The Bertz CT molecular complexity index is 419. The molecule has 0 aliphatic carbocycles. The molecule has 86 valence electrons. The van der Waals surface area contributed by atoms with Crippen molar-refractivity contribution in [1.29, 1.82) is 0 Å². The molecule has 1 saturated heterocycles. The topological polar surface area (TPSA) is 41.9 Å². The number of rotatable bonds is 1. The molecule has 1 N–H and O–H groups in total. The first-order chi connectivity index (χ1) is 7.75. The van der Waals surface area contributed by atoms with Crippen molar-refractivity contribution in [1.82, 2.24) is 4.90 Å². The normalized spacial score (nSPS) is 23.9. The van der Waals surface area contributed by atoms with E-state index in [0.717, 1.165) is 24.3 Å². The van der Waals surface area contributed by atoms with Crippen LogP contribution in [0.4, 0.5) is 0 Å². The summed E-state index contributed by atoms with van der Waals surface area (Å²) in [6.45, 7) is 1.33. The van der Waals surface area contributed by atoms with Crippen molar-refractivity contribution >= 4 is 0 Å². The van der Waals surface area contributed by atoms with Gasteiger partial charge in [-0.15, -0.1) is 0 Å². The van der Waals surface area contributed by atoms with Gasteiger partial charge in [-0.05, 0) is 32.5 Å². The second-order valence-electron chi connectivity index (χ2n) is 4.40. The largest absolute Gasteiger partial charge is 0.507 e. The summed E-state index contributed by atoms with van der Waals surface area (Å²) in [7, 11) is 2.09. The Morgan fingerprint density at radius 1 is 1.31 bits per heavy atom. The predicted molar refractivity (Wildman–Crippen MR) is 58.8 cm³/mol. The monoisotopic (exact) mass is 221 g/mol. The summed E-state index contributed by atoms with van der Waals surface area (Å²) < 4.78 is 10.6. The summed E-state index contributed by atoms with van der Waals surface area (Å²) in [6.07, 6.45) is 2.26. The highest BCUT2D eigenvalue weighted by atomic mass is 16.7. The third-order valence-corrected chi connectivity index (χ3v) is 3.40. The zero-order chi connectivity index (χ0) is 11.1. The van der Waals surface area contributed by atoms with Gasteiger partial charge in [-0.1, -0.05) is 0 Å². The van der Waals surface area contributed by atoms with Crippen LogP contribution in [0.25, 0.3) is 0 Å². The number of phenolic OH excluding ortho intramolecular Hbond substituents is 1. The molecule has 0 radical (unpaired) electrons. The maximum Gasteiger partial charge on any atom is 0.231 e. The minimum Gasteiger partial charge on any atom is -0.507 e. The van der Waals surface area contributed by atoms with Gasteiger partial charge < -0.3 is 14.6 Å². The van der Waals surface area contributed by atoms with E-state index in [2.05, 4.69) is 11.9 Å². The number of ether oxygens (including phenoxy) is 2. The highest BCUT2D eigenvalue weighted by molar-refractivity contribution is 5.52. The van der Waals surface area contributed by atoms with Crippen LogP contribution in [0.1, 0.15) is 24.4 Å². The summed E-state index contributed by atoms with van der Waals surface area (Å²) in [5.74, 6) is 1.69. The van der Waals surface area contributed by atoms with Crippen LogP contribution < -0.4 is 9.47 Å². The van der Waals surface area contributed by atoms with Crippen LogP contribution in [0.5, 0.6) is 17.2 Å². The van der Waals surface area contributed by atoms with Gasteiger partial charge in [0.1, 0.15) is 5.75 Å². The van der Waals surface area contributed by atoms with E-state index in [1.54, 1.807) is 6.07 Å². The third kappa shape index (κ3) is 1.41. The molecule has 1 unspecified atom stereocenters. The minimum absolute atomic E-state index is 0.249. The first kappa shape index (κ1) is 9.78. The molecule has 0 spiro atoms. The van der Waals surface area contributed by atoms with Crippen LogP contribution in [0.3, 0.4) is 0 Å². The van der Waals surface area contributed by atoms with E-state index in [1.807, 2.05) is 6.07 Å². The molecule has 1 atom stereocenters. The third-order valence-electron chi connectivity index (χ3n) is 3.40. The Hall–Kier alpha value is -1.42. The van der Waals surface area contributed by atoms with Gasteiger partial charge in [0.2, 0.25) is 6.79 Å². The molecular weight excluding hydrogens is 206 g/mol. The van der Waals surface area contributed by atoms with Gasteiger partial charge in [0.05, 0.1) is 0 Å². The zero-order valence-electron chi connectivity index (χ0n) is 9.27. The van der Waals surface area contributed by atoms with Gasteiger partial charge in [0.15, 0.2) is 11.5 Å². The van der Waals surface area contributed by atoms with E-state index < -0.39 is 0 Å². The molecule has 2 aliphatic heterocycles. The van der Waals surface area contributed by atoms with Crippen molar-refractivity contribution in [3.05, 3.63) is 17.7 Å². The van der Waals surface area contributed by atoms with Crippen LogP contribution in [0.15, 0.2) is 12.1 Å². The molecule has 0 bridgehead atoms. The minimum atomic E-state index is 0.249. The van der Waals surface area contributed by atoms with Crippen LogP contribution in [-0.4, -0.2) is 30.4 Å². The van der Waals surface area contributed by atoms with Gasteiger partial charge in [0.25, 0.3) is 0 Å². The van der Waals surface area contributed by atoms with Crippen molar-refractivity contribution in [3.8, 4) is 17.2 Å². The molecule has 3 rings (SSSR count). The lowest BCUT2D eigenvalue weighted by Gasteiger charge is -2.20. The predicted octanol–water partition coefficient (Wildman–Crippen LogP) is 1.89.